The smallest absolute Gasteiger partial charge is 0.231 e. The minimum Gasteiger partial charge on any atom is -0.447 e. The number of hydrogen-bond donors (Lipinski definition) is 1. The van der Waals surface area contributed by atoms with Gasteiger partial charge in [-0.3, -0.25) is 4.79 Å². The van der Waals surface area contributed by atoms with E-state index in [0.717, 1.165) is 29.7 Å². The Balaban J connectivity index is 1.54. The number of nitrogens with one attached hydrogen (secondary N) is 1. The van der Waals surface area contributed by atoms with Crippen molar-refractivity contribution in [3.63, 3.8) is 0 Å². The molecular weight excluding hydrogens is 402 g/mol. The number of hydrogen-bond acceptors (Lipinski definition) is 10. The van der Waals surface area contributed by atoms with Gasteiger partial charge in [-0.1, -0.05) is 11.7 Å². The van der Waals surface area contributed by atoms with Crippen LogP contribution in [0.1, 0.15) is 54.8 Å². The van der Waals surface area contributed by atoms with Crippen LogP contribution in [0.25, 0.3) is 11.1 Å². The van der Waals surface area contributed by atoms with Crippen molar-refractivity contribution in [2.24, 2.45) is 5.29 Å². The molecule has 2 aliphatic rings. The Labute approximate surface area is 177 Å². The Morgan fingerprint density at radius 1 is 1.26 bits per heavy atom. The highest BCUT2D eigenvalue weighted by molar-refractivity contribution is 5.98. The molecule has 5 rings (SSSR count). The third-order valence-electron chi connectivity index (χ3n) is 5.44. The fraction of sp³-hybridized carbons (Fsp3) is 0.500. The fourth-order valence-corrected chi connectivity index (χ4v) is 3.68. The third-order valence-corrected chi connectivity index (χ3v) is 5.44. The first-order chi connectivity index (χ1) is 15.2. The lowest BCUT2D eigenvalue weighted by molar-refractivity contribution is 0.0957. The van der Waals surface area contributed by atoms with Crippen LogP contribution in [0, 0.1) is 4.91 Å². The van der Waals surface area contributed by atoms with Crippen molar-refractivity contribution in [3.05, 3.63) is 28.5 Å². The highest BCUT2D eigenvalue weighted by atomic mass is 16.5. The molecule has 31 heavy (non-hydrogen) atoms. The number of ketones is 1. The van der Waals surface area contributed by atoms with Crippen LogP contribution in [0.3, 0.4) is 0 Å². The molecule has 11 heteroatoms. The number of Topliss-reactive ketones (excluding diaryl/α,β-unsaturated/α-hetero) is 1. The number of nitrogens with zero attached hydrogens (tertiary/aromatic N) is 6. The summed E-state index contributed by atoms with van der Waals surface area (Å²) in [5.41, 5.74) is 1.81. The maximum absolute atomic E-state index is 12.4. The molecule has 0 bridgehead atoms. The first-order valence-electron chi connectivity index (χ1n) is 10.5. The largest absolute Gasteiger partial charge is 0.447 e. The van der Waals surface area contributed by atoms with Crippen LogP contribution in [0.2, 0.25) is 0 Å². The Morgan fingerprint density at radius 2 is 2.06 bits per heavy atom. The standard InChI is InChI=1S/C20H23N7O4/c1-2-3-15(28)16-10-14-18(31-16)19(26-6-8-30-9-7-26)23-20(21-14)22-17-11-13(12-4-5-12)24-27(17)25-29/h10-12H,2-9H2,1H3,(H,21,22,23). The van der Waals surface area contributed by atoms with Gasteiger partial charge in [-0.15, -0.1) is 4.91 Å². The number of nitroso groups, excluding NO2 is 1. The number of furan rings is 1. The van der Waals surface area contributed by atoms with E-state index in [0.29, 0.717) is 61.4 Å². The zero-order chi connectivity index (χ0) is 21.4. The molecule has 3 aromatic heterocycles. The predicted octanol–water partition coefficient (Wildman–Crippen LogP) is 3.39. The Hall–Kier alpha value is -3.34. The molecule has 0 aromatic carbocycles. The van der Waals surface area contributed by atoms with E-state index in [4.69, 9.17) is 9.15 Å². The molecule has 4 heterocycles. The van der Waals surface area contributed by atoms with Crippen molar-refractivity contribution in [1.82, 2.24) is 19.9 Å². The van der Waals surface area contributed by atoms with E-state index in [1.165, 1.54) is 0 Å². The highest BCUT2D eigenvalue weighted by Gasteiger charge is 2.28. The van der Waals surface area contributed by atoms with E-state index < -0.39 is 0 Å². The van der Waals surface area contributed by atoms with Crippen LogP contribution in [0.15, 0.2) is 21.8 Å². The molecule has 0 unspecified atom stereocenters. The van der Waals surface area contributed by atoms with Crippen LogP contribution in [0.5, 0.6) is 0 Å². The van der Waals surface area contributed by atoms with Crippen molar-refractivity contribution < 1.29 is 13.9 Å². The third kappa shape index (κ3) is 3.88. The second kappa shape index (κ2) is 8.06. The van der Waals surface area contributed by atoms with Crippen LogP contribution in [-0.2, 0) is 4.74 Å². The number of morpholine rings is 1. The maximum Gasteiger partial charge on any atom is 0.231 e. The van der Waals surface area contributed by atoms with Gasteiger partial charge in [0.05, 0.1) is 24.2 Å². The van der Waals surface area contributed by atoms with Gasteiger partial charge in [0.1, 0.15) is 5.52 Å². The quantitative estimate of drug-likeness (QED) is 0.426. The van der Waals surface area contributed by atoms with Crippen molar-refractivity contribution in [1.29, 1.82) is 0 Å². The lowest BCUT2D eigenvalue weighted by Gasteiger charge is -2.27. The first-order valence-corrected chi connectivity index (χ1v) is 10.5. The predicted molar refractivity (Wildman–Crippen MR) is 113 cm³/mol. The highest BCUT2D eigenvalue weighted by Crippen LogP contribution is 2.40. The molecule has 3 aromatic rings. The second-order valence-corrected chi connectivity index (χ2v) is 7.79. The zero-order valence-corrected chi connectivity index (χ0v) is 17.2. The van der Waals surface area contributed by atoms with Crippen LogP contribution >= 0.6 is 0 Å². The molecule has 1 saturated carbocycles. The zero-order valence-electron chi connectivity index (χ0n) is 17.2. The monoisotopic (exact) mass is 425 g/mol. The summed E-state index contributed by atoms with van der Waals surface area (Å²) in [7, 11) is 0. The SMILES string of the molecule is CCCC(=O)c1cc2nc(Nc3cc(C4CC4)nn3N=O)nc(N3CCOCC3)c2o1. The summed E-state index contributed by atoms with van der Waals surface area (Å²) >= 11 is 0. The summed E-state index contributed by atoms with van der Waals surface area (Å²) in [6.45, 7) is 4.38. The molecule has 11 nitrogen and oxygen atoms in total. The van der Waals surface area contributed by atoms with Crippen molar-refractivity contribution >= 4 is 34.5 Å². The molecule has 0 amide bonds. The van der Waals surface area contributed by atoms with Gasteiger partial charge in [0.25, 0.3) is 0 Å². The summed E-state index contributed by atoms with van der Waals surface area (Å²) in [6, 6.07) is 3.45. The molecule has 1 aliphatic heterocycles. The molecule has 1 aliphatic carbocycles. The van der Waals surface area contributed by atoms with Gasteiger partial charge in [0.2, 0.25) is 5.95 Å². The van der Waals surface area contributed by atoms with Crippen molar-refractivity contribution in [2.75, 3.05) is 36.5 Å². The number of ether oxygens (including phenoxy) is 1. The molecule has 0 atom stereocenters. The van der Waals surface area contributed by atoms with E-state index in [1.807, 2.05) is 11.8 Å². The molecule has 1 N–H and O–H groups in total. The minimum absolute atomic E-state index is 0.0692. The van der Waals surface area contributed by atoms with E-state index in [2.05, 4.69) is 25.7 Å². The summed E-state index contributed by atoms with van der Waals surface area (Å²) in [4.78, 5) is 35.8. The number of rotatable bonds is 8. The van der Waals surface area contributed by atoms with Crippen molar-refractivity contribution in [3.8, 4) is 0 Å². The lowest BCUT2D eigenvalue weighted by Crippen LogP contribution is -2.37. The van der Waals surface area contributed by atoms with E-state index >= 15 is 0 Å². The topological polar surface area (TPSA) is 128 Å². The maximum atomic E-state index is 12.4. The molecule has 162 valence electrons. The van der Waals surface area contributed by atoms with Gasteiger partial charge in [-0.25, -0.2) is 4.98 Å². The van der Waals surface area contributed by atoms with E-state index in [9.17, 15) is 9.70 Å². The average Bonchev–Trinajstić information content (AvgIpc) is 3.42. The van der Waals surface area contributed by atoms with Gasteiger partial charge in [0, 0.05) is 37.6 Å². The Morgan fingerprint density at radius 3 is 2.77 bits per heavy atom. The summed E-state index contributed by atoms with van der Waals surface area (Å²) < 4.78 is 11.3. The fourth-order valence-electron chi connectivity index (χ4n) is 3.68. The average molecular weight is 425 g/mol. The molecule has 2 fully saturated rings. The number of carbonyl (C=O) groups excluding carboxylic acids is 1. The van der Waals surface area contributed by atoms with Crippen LogP contribution in [-0.4, -0.2) is 51.9 Å². The van der Waals surface area contributed by atoms with Gasteiger partial charge < -0.3 is 19.4 Å². The normalized spacial score (nSPS) is 16.6. The van der Waals surface area contributed by atoms with Crippen molar-refractivity contribution in [2.45, 2.75) is 38.5 Å². The molecular formula is C20H23N7O4. The van der Waals surface area contributed by atoms with Gasteiger partial charge in [0.15, 0.2) is 28.8 Å². The number of anilines is 3. The van der Waals surface area contributed by atoms with Gasteiger partial charge in [-0.2, -0.15) is 10.1 Å². The number of carbonyl (C=O) groups is 1. The molecule has 0 spiro atoms. The molecule has 1 saturated heterocycles. The Kier molecular flexibility index (Phi) is 5.10. The van der Waals surface area contributed by atoms with Gasteiger partial charge in [-0.05, 0) is 19.3 Å². The summed E-state index contributed by atoms with van der Waals surface area (Å²) in [6.07, 6.45) is 3.25. The second-order valence-electron chi connectivity index (χ2n) is 7.79. The summed E-state index contributed by atoms with van der Waals surface area (Å²) in [5, 5.41) is 10.3. The molecule has 0 radical (unpaired) electrons. The van der Waals surface area contributed by atoms with Crippen LogP contribution < -0.4 is 10.2 Å². The van der Waals surface area contributed by atoms with Gasteiger partial charge >= 0.3 is 0 Å². The number of aromatic nitrogens is 4. The summed E-state index contributed by atoms with van der Waals surface area (Å²) in [5.74, 6) is 1.83. The number of fused-ring (bicyclic) bond motifs is 1. The Bertz CT molecular complexity index is 1130. The van der Waals surface area contributed by atoms with Crippen LogP contribution in [0.4, 0.5) is 17.6 Å². The first kappa shape index (κ1) is 19.6. The van der Waals surface area contributed by atoms with E-state index in [1.54, 1.807) is 12.1 Å². The lowest BCUT2D eigenvalue weighted by atomic mass is 10.2. The minimum atomic E-state index is -0.0692. The van der Waals surface area contributed by atoms with E-state index in [-0.39, 0.29) is 17.5 Å².